The normalized spacial score (nSPS) is 12.3. The van der Waals surface area contributed by atoms with Gasteiger partial charge in [-0.2, -0.15) is 0 Å². The third-order valence-electron chi connectivity index (χ3n) is 2.96. The molecule has 1 atom stereocenters. The molecule has 2 heterocycles. The van der Waals surface area contributed by atoms with Crippen molar-refractivity contribution < 1.29 is 0 Å². The van der Waals surface area contributed by atoms with E-state index in [1.54, 1.807) is 22.7 Å². The molecule has 2 aromatic heterocycles. The molecule has 0 aliphatic rings. The summed E-state index contributed by atoms with van der Waals surface area (Å²) >= 11 is 3.45. The predicted molar refractivity (Wildman–Crippen MR) is 83.9 cm³/mol. The van der Waals surface area contributed by atoms with Crippen LogP contribution in [0.3, 0.4) is 0 Å². The molecular formula is C15H14N2S2. The molecule has 1 unspecified atom stereocenters. The molecule has 0 spiro atoms. The second kappa shape index (κ2) is 5.55. The molecule has 19 heavy (non-hydrogen) atoms. The first-order valence-corrected chi connectivity index (χ1v) is 7.88. The van der Waals surface area contributed by atoms with Crippen LogP contribution in [0.1, 0.15) is 17.8 Å². The number of hydrogen-bond acceptors (Lipinski definition) is 4. The van der Waals surface area contributed by atoms with E-state index in [4.69, 9.17) is 0 Å². The zero-order chi connectivity index (χ0) is 13.1. The van der Waals surface area contributed by atoms with Gasteiger partial charge in [0.05, 0.1) is 11.6 Å². The van der Waals surface area contributed by atoms with Gasteiger partial charge in [-0.1, -0.05) is 24.3 Å². The minimum atomic E-state index is 0.272. The fourth-order valence-electron chi connectivity index (χ4n) is 2.00. The van der Waals surface area contributed by atoms with E-state index in [0.717, 1.165) is 0 Å². The Morgan fingerprint density at radius 2 is 2.00 bits per heavy atom. The standard InChI is InChI=1S/C15H14N2S2/c1-11(15-9-16-10-19-15)17-13-6-3-2-5-12(13)14-7-4-8-18-14/h2-11,17H,1H3. The summed E-state index contributed by atoms with van der Waals surface area (Å²) in [6, 6.07) is 13.0. The van der Waals surface area contributed by atoms with Gasteiger partial charge in [-0.05, 0) is 24.4 Å². The van der Waals surface area contributed by atoms with Crippen LogP contribution in [0.15, 0.2) is 53.5 Å². The lowest BCUT2D eigenvalue weighted by Crippen LogP contribution is -2.05. The fourth-order valence-corrected chi connectivity index (χ4v) is 3.39. The monoisotopic (exact) mass is 286 g/mol. The van der Waals surface area contributed by atoms with Crippen LogP contribution in [-0.4, -0.2) is 4.98 Å². The number of anilines is 1. The summed E-state index contributed by atoms with van der Waals surface area (Å²) in [7, 11) is 0. The Kier molecular flexibility index (Phi) is 3.62. The van der Waals surface area contributed by atoms with Crippen molar-refractivity contribution in [3.8, 4) is 10.4 Å². The molecule has 96 valence electrons. The SMILES string of the molecule is CC(Nc1ccccc1-c1cccs1)c1cncs1. The molecule has 0 fully saturated rings. The summed E-state index contributed by atoms with van der Waals surface area (Å²) in [5, 5.41) is 5.69. The van der Waals surface area contributed by atoms with Gasteiger partial charge >= 0.3 is 0 Å². The lowest BCUT2D eigenvalue weighted by molar-refractivity contribution is 0.904. The summed E-state index contributed by atoms with van der Waals surface area (Å²) in [6.45, 7) is 2.17. The number of hydrogen-bond donors (Lipinski definition) is 1. The van der Waals surface area contributed by atoms with E-state index in [-0.39, 0.29) is 6.04 Å². The molecule has 0 bridgehead atoms. The number of nitrogens with one attached hydrogen (secondary N) is 1. The summed E-state index contributed by atoms with van der Waals surface area (Å²) in [4.78, 5) is 6.68. The van der Waals surface area contributed by atoms with Crippen molar-refractivity contribution >= 4 is 28.4 Å². The predicted octanol–water partition coefficient (Wildman–Crippen LogP) is 5.04. The second-order valence-electron chi connectivity index (χ2n) is 4.29. The van der Waals surface area contributed by atoms with Crippen LogP contribution in [0.4, 0.5) is 5.69 Å². The van der Waals surface area contributed by atoms with Crippen LogP contribution in [0.2, 0.25) is 0 Å². The second-order valence-corrected chi connectivity index (χ2v) is 6.16. The van der Waals surface area contributed by atoms with E-state index in [2.05, 4.69) is 59.0 Å². The van der Waals surface area contributed by atoms with Crippen molar-refractivity contribution in [1.82, 2.24) is 4.98 Å². The van der Waals surface area contributed by atoms with Gasteiger partial charge in [-0.3, -0.25) is 4.98 Å². The third-order valence-corrected chi connectivity index (χ3v) is 4.83. The Hall–Kier alpha value is -1.65. The van der Waals surface area contributed by atoms with Gasteiger partial charge < -0.3 is 5.32 Å². The minimum absolute atomic E-state index is 0.272. The van der Waals surface area contributed by atoms with Crippen LogP contribution in [-0.2, 0) is 0 Å². The Balaban J connectivity index is 1.89. The fraction of sp³-hybridized carbons (Fsp3) is 0.133. The Labute approximate surface area is 120 Å². The highest BCUT2D eigenvalue weighted by molar-refractivity contribution is 7.13. The van der Waals surface area contributed by atoms with Gasteiger partial charge in [0.25, 0.3) is 0 Å². The van der Waals surface area contributed by atoms with E-state index in [0.29, 0.717) is 0 Å². The highest BCUT2D eigenvalue weighted by atomic mass is 32.1. The number of rotatable bonds is 4. The van der Waals surface area contributed by atoms with Gasteiger partial charge in [0.15, 0.2) is 0 Å². The molecule has 0 radical (unpaired) electrons. The highest BCUT2D eigenvalue weighted by Crippen LogP contribution is 2.33. The number of nitrogens with zero attached hydrogens (tertiary/aromatic N) is 1. The largest absolute Gasteiger partial charge is 0.377 e. The number of benzene rings is 1. The van der Waals surface area contributed by atoms with Crippen molar-refractivity contribution in [3.63, 3.8) is 0 Å². The topological polar surface area (TPSA) is 24.9 Å². The van der Waals surface area contributed by atoms with Gasteiger partial charge in [0, 0.05) is 27.2 Å². The van der Waals surface area contributed by atoms with Gasteiger partial charge in [0.2, 0.25) is 0 Å². The Bertz CT molecular complexity index is 630. The molecule has 3 aromatic rings. The molecular weight excluding hydrogens is 272 g/mol. The van der Waals surface area contributed by atoms with Crippen molar-refractivity contribution in [2.45, 2.75) is 13.0 Å². The summed E-state index contributed by atoms with van der Waals surface area (Å²) in [6.07, 6.45) is 1.93. The van der Waals surface area contributed by atoms with E-state index in [1.165, 1.54) is 21.0 Å². The van der Waals surface area contributed by atoms with Crippen molar-refractivity contribution in [2.24, 2.45) is 0 Å². The molecule has 3 rings (SSSR count). The van der Waals surface area contributed by atoms with E-state index >= 15 is 0 Å². The van der Waals surface area contributed by atoms with Crippen LogP contribution < -0.4 is 5.32 Å². The summed E-state index contributed by atoms with van der Waals surface area (Å²) in [5.74, 6) is 0. The van der Waals surface area contributed by atoms with Gasteiger partial charge in [0.1, 0.15) is 0 Å². The van der Waals surface area contributed by atoms with E-state index < -0.39 is 0 Å². The molecule has 1 aromatic carbocycles. The van der Waals surface area contributed by atoms with E-state index in [9.17, 15) is 0 Å². The van der Waals surface area contributed by atoms with Crippen molar-refractivity contribution in [1.29, 1.82) is 0 Å². The average Bonchev–Trinajstić information content (AvgIpc) is 3.13. The molecule has 0 aliphatic carbocycles. The molecule has 0 saturated heterocycles. The smallest absolute Gasteiger partial charge is 0.0795 e. The Morgan fingerprint density at radius 3 is 2.74 bits per heavy atom. The van der Waals surface area contributed by atoms with Crippen LogP contribution >= 0.6 is 22.7 Å². The average molecular weight is 286 g/mol. The van der Waals surface area contributed by atoms with Gasteiger partial charge in [-0.25, -0.2) is 0 Å². The number of aromatic nitrogens is 1. The third kappa shape index (κ3) is 2.69. The first kappa shape index (κ1) is 12.4. The molecule has 1 N–H and O–H groups in total. The first-order chi connectivity index (χ1) is 9.34. The summed E-state index contributed by atoms with van der Waals surface area (Å²) < 4.78 is 0. The zero-order valence-electron chi connectivity index (χ0n) is 10.5. The number of para-hydroxylation sites is 1. The van der Waals surface area contributed by atoms with Crippen molar-refractivity contribution in [2.75, 3.05) is 5.32 Å². The maximum atomic E-state index is 4.14. The summed E-state index contributed by atoms with van der Waals surface area (Å²) in [5.41, 5.74) is 4.30. The van der Waals surface area contributed by atoms with Crippen LogP contribution in [0.5, 0.6) is 0 Å². The van der Waals surface area contributed by atoms with Crippen molar-refractivity contribution in [3.05, 3.63) is 58.4 Å². The zero-order valence-corrected chi connectivity index (χ0v) is 12.2. The van der Waals surface area contributed by atoms with E-state index in [1.807, 2.05) is 11.7 Å². The minimum Gasteiger partial charge on any atom is -0.377 e. The lowest BCUT2D eigenvalue weighted by Gasteiger charge is -2.16. The molecule has 0 amide bonds. The van der Waals surface area contributed by atoms with Crippen LogP contribution in [0, 0.1) is 0 Å². The molecule has 0 aliphatic heterocycles. The lowest BCUT2D eigenvalue weighted by atomic mass is 10.1. The maximum Gasteiger partial charge on any atom is 0.0795 e. The molecule has 0 saturated carbocycles. The highest BCUT2D eigenvalue weighted by Gasteiger charge is 2.10. The molecule has 2 nitrogen and oxygen atoms in total. The molecule has 4 heteroatoms. The van der Waals surface area contributed by atoms with Crippen LogP contribution in [0.25, 0.3) is 10.4 Å². The Morgan fingerprint density at radius 1 is 1.11 bits per heavy atom. The maximum absolute atomic E-state index is 4.14. The quantitative estimate of drug-likeness (QED) is 0.726. The first-order valence-electron chi connectivity index (χ1n) is 6.12. The number of thiazole rings is 1. The number of thiophene rings is 1. The van der Waals surface area contributed by atoms with Gasteiger partial charge in [-0.15, -0.1) is 22.7 Å².